The average molecular weight is 313 g/mol. The Bertz CT molecular complexity index is 628. The third kappa shape index (κ3) is 5.21. The second kappa shape index (κ2) is 8.68. The van der Waals surface area contributed by atoms with Crippen molar-refractivity contribution in [2.45, 2.75) is 32.5 Å². The van der Waals surface area contributed by atoms with E-state index in [2.05, 4.69) is 4.98 Å². The zero-order valence-corrected chi connectivity index (χ0v) is 13.0. The van der Waals surface area contributed by atoms with Gasteiger partial charge in [0.15, 0.2) is 0 Å². The van der Waals surface area contributed by atoms with E-state index in [9.17, 15) is 9.59 Å². The number of aromatic nitrogens is 1. The minimum absolute atomic E-state index is 0.132. The van der Waals surface area contributed by atoms with Crippen molar-refractivity contribution in [3.05, 3.63) is 66.0 Å². The lowest BCUT2D eigenvalue weighted by Gasteiger charge is -2.17. The van der Waals surface area contributed by atoms with Crippen molar-refractivity contribution in [1.82, 2.24) is 4.98 Å². The normalized spacial score (nSPS) is 11.5. The predicted octanol–water partition coefficient (Wildman–Crippen LogP) is 3.21. The van der Waals surface area contributed by atoms with Crippen LogP contribution in [0, 0.1) is 0 Å². The Kier molecular flexibility index (Phi) is 6.29. The van der Waals surface area contributed by atoms with Gasteiger partial charge in [-0.1, -0.05) is 37.3 Å². The molecule has 1 atom stereocenters. The fourth-order valence-corrected chi connectivity index (χ4v) is 1.99. The first-order valence-electron chi connectivity index (χ1n) is 7.50. The number of benzene rings is 1. The van der Waals surface area contributed by atoms with Crippen LogP contribution in [0.3, 0.4) is 0 Å². The molecule has 1 heterocycles. The van der Waals surface area contributed by atoms with Crippen LogP contribution in [0.4, 0.5) is 0 Å². The van der Waals surface area contributed by atoms with Crippen LogP contribution in [-0.2, 0) is 25.7 Å². The Morgan fingerprint density at radius 2 is 1.78 bits per heavy atom. The van der Waals surface area contributed by atoms with Gasteiger partial charge in [0.2, 0.25) is 6.10 Å². The van der Waals surface area contributed by atoms with Gasteiger partial charge in [0.25, 0.3) is 0 Å². The number of hydrogen-bond acceptors (Lipinski definition) is 5. The minimum atomic E-state index is -1.07. The topological polar surface area (TPSA) is 65.5 Å². The number of hydrogen-bond donors (Lipinski definition) is 0. The van der Waals surface area contributed by atoms with Gasteiger partial charge in [0.05, 0.1) is 0 Å². The van der Waals surface area contributed by atoms with E-state index in [1.54, 1.807) is 24.5 Å². The summed E-state index contributed by atoms with van der Waals surface area (Å²) in [6, 6.07) is 12.6. The first-order chi connectivity index (χ1) is 11.2. The van der Waals surface area contributed by atoms with Crippen molar-refractivity contribution in [3.8, 4) is 0 Å². The second-order valence-corrected chi connectivity index (χ2v) is 4.99. The molecule has 0 saturated heterocycles. The minimum Gasteiger partial charge on any atom is -0.458 e. The van der Waals surface area contributed by atoms with Crippen LogP contribution in [0.2, 0.25) is 0 Å². The van der Waals surface area contributed by atoms with Crippen LogP contribution < -0.4 is 0 Å². The molecule has 0 saturated carbocycles. The van der Waals surface area contributed by atoms with Gasteiger partial charge in [-0.05, 0) is 24.1 Å². The molecule has 0 aliphatic heterocycles. The number of pyridine rings is 1. The summed E-state index contributed by atoms with van der Waals surface area (Å²) in [4.78, 5) is 28.0. The molecule has 5 nitrogen and oxygen atoms in total. The molecule has 0 aliphatic rings. The van der Waals surface area contributed by atoms with Crippen molar-refractivity contribution >= 4 is 11.9 Å². The molecule has 120 valence electrons. The van der Waals surface area contributed by atoms with E-state index in [1.807, 2.05) is 37.3 Å². The standard InChI is InChI=1S/C18H19NO4/c1-2-6-16(20)23-17(15-9-11-19-12-10-15)18(21)22-13-14-7-4-3-5-8-14/h3-5,7-12,17H,2,6,13H2,1H3. The van der Waals surface area contributed by atoms with Crippen LogP contribution >= 0.6 is 0 Å². The van der Waals surface area contributed by atoms with Crippen LogP contribution in [0.15, 0.2) is 54.9 Å². The first kappa shape index (κ1) is 16.7. The molecular weight excluding hydrogens is 294 g/mol. The van der Waals surface area contributed by atoms with Gasteiger partial charge in [-0.25, -0.2) is 4.79 Å². The highest BCUT2D eigenvalue weighted by Crippen LogP contribution is 2.20. The van der Waals surface area contributed by atoms with Crippen LogP contribution in [0.1, 0.15) is 37.0 Å². The van der Waals surface area contributed by atoms with E-state index in [0.717, 1.165) is 5.56 Å². The summed E-state index contributed by atoms with van der Waals surface area (Å²) in [5.74, 6) is -1.02. The SMILES string of the molecule is CCCC(=O)OC(C(=O)OCc1ccccc1)c1ccncc1. The summed E-state index contributed by atoms with van der Waals surface area (Å²) >= 11 is 0. The molecule has 0 aliphatic carbocycles. The molecule has 1 unspecified atom stereocenters. The lowest BCUT2D eigenvalue weighted by Crippen LogP contribution is -2.22. The van der Waals surface area contributed by atoms with Crippen LogP contribution in [0.25, 0.3) is 0 Å². The highest BCUT2D eigenvalue weighted by molar-refractivity contribution is 5.80. The summed E-state index contributed by atoms with van der Waals surface area (Å²) in [7, 11) is 0. The highest BCUT2D eigenvalue weighted by Gasteiger charge is 2.26. The Labute approximate surface area is 135 Å². The van der Waals surface area contributed by atoms with Gasteiger partial charge < -0.3 is 9.47 Å². The predicted molar refractivity (Wildman–Crippen MR) is 84.2 cm³/mol. The van der Waals surface area contributed by atoms with Crippen molar-refractivity contribution in [2.24, 2.45) is 0 Å². The molecule has 0 fully saturated rings. The lowest BCUT2D eigenvalue weighted by atomic mass is 10.1. The molecule has 0 amide bonds. The lowest BCUT2D eigenvalue weighted by molar-refractivity contribution is -0.169. The van der Waals surface area contributed by atoms with E-state index in [-0.39, 0.29) is 13.0 Å². The van der Waals surface area contributed by atoms with Gasteiger partial charge in [-0.15, -0.1) is 0 Å². The quantitative estimate of drug-likeness (QED) is 0.734. The Hall–Kier alpha value is -2.69. The number of carbonyl (C=O) groups excluding carboxylic acids is 2. The van der Waals surface area contributed by atoms with Gasteiger partial charge in [-0.2, -0.15) is 0 Å². The molecule has 1 aromatic heterocycles. The van der Waals surface area contributed by atoms with Crippen molar-refractivity contribution < 1.29 is 19.1 Å². The fraction of sp³-hybridized carbons (Fsp3) is 0.278. The summed E-state index contributed by atoms with van der Waals surface area (Å²) in [6.45, 7) is 2.00. The maximum absolute atomic E-state index is 12.3. The third-order valence-corrected chi connectivity index (χ3v) is 3.15. The van der Waals surface area contributed by atoms with E-state index in [0.29, 0.717) is 12.0 Å². The zero-order valence-electron chi connectivity index (χ0n) is 13.0. The smallest absolute Gasteiger partial charge is 0.352 e. The Morgan fingerprint density at radius 3 is 2.43 bits per heavy atom. The van der Waals surface area contributed by atoms with Crippen LogP contribution in [0.5, 0.6) is 0 Å². The summed E-state index contributed by atoms with van der Waals surface area (Å²) in [5, 5.41) is 0. The number of ether oxygens (including phenoxy) is 2. The largest absolute Gasteiger partial charge is 0.458 e. The van der Waals surface area contributed by atoms with Crippen molar-refractivity contribution in [1.29, 1.82) is 0 Å². The third-order valence-electron chi connectivity index (χ3n) is 3.15. The van der Waals surface area contributed by atoms with Gasteiger partial charge in [0.1, 0.15) is 6.61 Å². The molecule has 2 aromatic rings. The second-order valence-electron chi connectivity index (χ2n) is 4.99. The summed E-state index contributed by atoms with van der Waals surface area (Å²) in [5.41, 5.74) is 1.41. The molecule has 5 heteroatoms. The monoisotopic (exact) mass is 313 g/mol. The number of carbonyl (C=O) groups is 2. The molecule has 0 spiro atoms. The van der Waals surface area contributed by atoms with Gasteiger partial charge >= 0.3 is 11.9 Å². The van der Waals surface area contributed by atoms with E-state index in [1.165, 1.54) is 0 Å². The molecular formula is C18H19NO4. The molecule has 0 radical (unpaired) electrons. The maximum Gasteiger partial charge on any atom is 0.352 e. The van der Waals surface area contributed by atoms with Crippen molar-refractivity contribution in [2.75, 3.05) is 0 Å². The number of esters is 2. The first-order valence-corrected chi connectivity index (χ1v) is 7.50. The maximum atomic E-state index is 12.3. The molecule has 23 heavy (non-hydrogen) atoms. The van der Waals surface area contributed by atoms with Gasteiger partial charge in [0, 0.05) is 24.4 Å². The summed E-state index contributed by atoms with van der Waals surface area (Å²) in [6.07, 6.45) is 2.93. The zero-order chi connectivity index (χ0) is 16.5. The number of nitrogens with zero attached hydrogens (tertiary/aromatic N) is 1. The fourth-order valence-electron chi connectivity index (χ4n) is 1.99. The van der Waals surface area contributed by atoms with Crippen molar-refractivity contribution in [3.63, 3.8) is 0 Å². The molecule has 1 aromatic carbocycles. The van der Waals surface area contributed by atoms with Gasteiger partial charge in [-0.3, -0.25) is 9.78 Å². The molecule has 2 rings (SSSR count). The van der Waals surface area contributed by atoms with Crippen LogP contribution in [-0.4, -0.2) is 16.9 Å². The van der Waals surface area contributed by atoms with E-state index < -0.39 is 18.0 Å². The average Bonchev–Trinajstić information content (AvgIpc) is 2.59. The highest BCUT2D eigenvalue weighted by atomic mass is 16.6. The Morgan fingerprint density at radius 1 is 1.09 bits per heavy atom. The molecule has 0 N–H and O–H groups in total. The van der Waals surface area contributed by atoms with E-state index >= 15 is 0 Å². The van der Waals surface area contributed by atoms with E-state index in [4.69, 9.17) is 9.47 Å². The molecule has 0 bridgehead atoms. The number of rotatable bonds is 7. The summed E-state index contributed by atoms with van der Waals surface area (Å²) < 4.78 is 10.6. The Balaban J connectivity index is 2.06.